The van der Waals surface area contributed by atoms with Crippen molar-refractivity contribution in [2.24, 2.45) is 0 Å². The van der Waals surface area contributed by atoms with E-state index in [0.717, 1.165) is 45.5 Å². The number of ether oxygens (including phenoxy) is 1. The van der Waals surface area contributed by atoms with Gasteiger partial charge in [0, 0.05) is 25.7 Å². The molecular formula is C21H27F7N2O5. The van der Waals surface area contributed by atoms with E-state index in [0.29, 0.717) is 6.04 Å². The number of hydrogen-bond acceptors (Lipinski definition) is 5. The highest BCUT2D eigenvalue weighted by Gasteiger charge is 2.43. The molecule has 1 aromatic rings. The lowest BCUT2D eigenvalue weighted by molar-refractivity contribution is -0.193. The molecule has 0 radical (unpaired) electrons. The Hall–Kier alpha value is -2.45. The molecule has 35 heavy (non-hydrogen) atoms. The van der Waals surface area contributed by atoms with Crippen LogP contribution in [0.1, 0.15) is 24.8 Å². The predicted octanol–water partition coefficient (Wildman–Crippen LogP) is 3.78. The van der Waals surface area contributed by atoms with Crippen LogP contribution in [0.25, 0.3) is 0 Å². The minimum Gasteiger partial charge on any atom is -0.475 e. The van der Waals surface area contributed by atoms with E-state index < -0.39 is 24.3 Å². The molecule has 2 N–H and O–H groups in total. The van der Waals surface area contributed by atoms with Crippen molar-refractivity contribution in [3.8, 4) is 0 Å². The van der Waals surface area contributed by atoms with Crippen molar-refractivity contribution < 1.29 is 55.3 Å². The van der Waals surface area contributed by atoms with Crippen molar-refractivity contribution in [1.29, 1.82) is 0 Å². The third-order valence-corrected chi connectivity index (χ3v) is 5.49. The highest BCUT2D eigenvalue weighted by atomic mass is 19.4. The Balaban J connectivity index is 0.000000362. The lowest BCUT2D eigenvalue weighted by atomic mass is 9.87. The van der Waals surface area contributed by atoms with E-state index in [-0.39, 0.29) is 11.4 Å². The van der Waals surface area contributed by atoms with Gasteiger partial charge in [-0.25, -0.2) is 14.0 Å². The van der Waals surface area contributed by atoms with Gasteiger partial charge in [0.1, 0.15) is 5.82 Å². The van der Waals surface area contributed by atoms with Crippen LogP contribution in [0.15, 0.2) is 24.3 Å². The second-order valence-corrected chi connectivity index (χ2v) is 8.32. The third-order valence-electron chi connectivity index (χ3n) is 5.49. The summed E-state index contributed by atoms with van der Waals surface area (Å²) in [7, 11) is 4.27. The van der Waals surface area contributed by atoms with Gasteiger partial charge >= 0.3 is 24.3 Å². The lowest BCUT2D eigenvalue weighted by Gasteiger charge is -2.39. The van der Waals surface area contributed by atoms with Crippen molar-refractivity contribution in [2.75, 3.05) is 33.8 Å². The van der Waals surface area contributed by atoms with Crippen LogP contribution in [-0.2, 0) is 20.9 Å². The number of aliphatic carboxylic acids is 2. The van der Waals surface area contributed by atoms with Crippen LogP contribution in [0.3, 0.4) is 0 Å². The maximum absolute atomic E-state index is 12.9. The average molecular weight is 520 g/mol. The first-order valence-corrected chi connectivity index (χ1v) is 10.3. The van der Waals surface area contributed by atoms with E-state index in [4.69, 9.17) is 24.5 Å². The van der Waals surface area contributed by atoms with Gasteiger partial charge in [-0.05, 0) is 51.1 Å². The summed E-state index contributed by atoms with van der Waals surface area (Å²) >= 11 is 0. The maximum Gasteiger partial charge on any atom is 0.490 e. The zero-order chi connectivity index (χ0) is 27.0. The van der Waals surface area contributed by atoms with Crippen LogP contribution in [-0.4, -0.2) is 89.7 Å². The monoisotopic (exact) mass is 520 g/mol. The summed E-state index contributed by atoms with van der Waals surface area (Å²) in [6, 6.07) is 7.42. The average Bonchev–Trinajstić information content (AvgIpc) is 3.15. The van der Waals surface area contributed by atoms with Crippen LogP contribution < -0.4 is 0 Å². The molecule has 2 aliphatic rings. The third kappa shape index (κ3) is 10.8. The molecule has 1 aromatic carbocycles. The number of carboxylic acids is 2. The number of piperidine rings is 1. The standard InChI is InChI=1S/C17H25FN2O.2C2HF3O2/c1-19(2)16-11-17(21-13-16)7-9-20(10-8-17)12-14-3-5-15(18)6-4-14;2*3-2(4,5)1(6)7/h3-6,16H,7-13H2,1-2H3;2*(H,6,7). The molecule has 0 saturated carbocycles. The summed E-state index contributed by atoms with van der Waals surface area (Å²) in [5.74, 6) is -5.68. The lowest BCUT2D eigenvalue weighted by Crippen LogP contribution is -2.44. The van der Waals surface area contributed by atoms with Crippen LogP contribution >= 0.6 is 0 Å². The van der Waals surface area contributed by atoms with Gasteiger partial charge < -0.3 is 19.8 Å². The number of carbonyl (C=O) groups is 2. The van der Waals surface area contributed by atoms with E-state index in [2.05, 4.69) is 23.9 Å². The summed E-state index contributed by atoms with van der Waals surface area (Å²) in [5.41, 5.74) is 1.29. The zero-order valence-corrected chi connectivity index (χ0v) is 19.0. The minimum atomic E-state index is -5.08. The van der Waals surface area contributed by atoms with E-state index in [1.54, 1.807) is 12.1 Å². The molecule has 7 nitrogen and oxygen atoms in total. The molecule has 0 aliphatic carbocycles. The fourth-order valence-corrected chi connectivity index (χ4v) is 3.47. The molecule has 2 fully saturated rings. The molecular weight excluding hydrogens is 493 g/mol. The first kappa shape index (κ1) is 30.6. The van der Waals surface area contributed by atoms with Gasteiger partial charge in [0.15, 0.2) is 0 Å². The molecule has 2 aliphatic heterocycles. The SMILES string of the molecule is CN(C)C1COC2(CCN(Cc3ccc(F)cc3)CC2)C1.O=C(O)C(F)(F)F.O=C(O)C(F)(F)F. The van der Waals surface area contributed by atoms with Gasteiger partial charge in [-0.15, -0.1) is 0 Å². The second-order valence-electron chi connectivity index (χ2n) is 8.32. The Labute approximate surface area is 197 Å². The van der Waals surface area contributed by atoms with Crippen LogP contribution in [0.4, 0.5) is 30.7 Å². The Morgan fingerprint density at radius 2 is 1.43 bits per heavy atom. The van der Waals surface area contributed by atoms with Gasteiger partial charge in [-0.1, -0.05) is 12.1 Å². The number of nitrogens with zero attached hydrogens (tertiary/aromatic N) is 2. The van der Waals surface area contributed by atoms with E-state index in [1.807, 2.05) is 12.1 Å². The van der Waals surface area contributed by atoms with Gasteiger partial charge in [-0.3, -0.25) is 4.90 Å². The smallest absolute Gasteiger partial charge is 0.475 e. The molecule has 3 rings (SSSR count). The first-order valence-electron chi connectivity index (χ1n) is 10.3. The molecule has 2 heterocycles. The Morgan fingerprint density at radius 1 is 1.00 bits per heavy atom. The summed E-state index contributed by atoms with van der Waals surface area (Å²) < 4.78 is 82.6. The molecule has 14 heteroatoms. The summed E-state index contributed by atoms with van der Waals surface area (Å²) in [6.07, 6.45) is -6.79. The predicted molar refractivity (Wildman–Crippen MR) is 109 cm³/mol. The Morgan fingerprint density at radius 3 is 1.77 bits per heavy atom. The van der Waals surface area contributed by atoms with Crippen molar-refractivity contribution in [1.82, 2.24) is 9.80 Å². The van der Waals surface area contributed by atoms with Gasteiger partial charge in [0.2, 0.25) is 0 Å². The number of alkyl halides is 6. The quantitative estimate of drug-likeness (QED) is 0.587. The normalized spacial score (nSPS) is 20.0. The molecule has 2 saturated heterocycles. The number of carboxylic acid groups (broad SMARTS) is 2. The number of halogens is 7. The number of likely N-dealkylation sites (tertiary alicyclic amines) is 1. The van der Waals surface area contributed by atoms with Crippen molar-refractivity contribution in [3.05, 3.63) is 35.6 Å². The Bertz CT molecular complexity index is 797. The summed E-state index contributed by atoms with van der Waals surface area (Å²) in [5, 5.41) is 14.2. The van der Waals surface area contributed by atoms with Gasteiger partial charge in [0.25, 0.3) is 0 Å². The van der Waals surface area contributed by atoms with Crippen LogP contribution in [0, 0.1) is 5.82 Å². The number of benzene rings is 1. The fraction of sp³-hybridized carbons (Fsp3) is 0.619. The number of hydrogen-bond donors (Lipinski definition) is 2. The minimum absolute atomic E-state index is 0.105. The highest BCUT2D eigenvalue weighted by molar-refractivity contribution is 5.73. The summed E-state index contributed by atoms with van der Waals surface area (Å²) in [6.45, 7) is 3.91. The van der Waals surface area contributed by atoms with Gasteiger partial charge in [0.05, 0.1) is 12.2 Å². The van der Waals surface area contributed by atoms with Crippen LogP contribution in [0.2, 0.25) is 0 Å². The largest absolute Gasteiger partial charge is 0.490 e. The van der Waals surface area contributed by atoms with E-state index in [9.17, 15) is 30.7 Å². The van der Waals surface area contributed by atoms with E-state index in [1.165, 1.54) is 5.56 Å². The second kappa shape index (κ2) is 12.5. The van der Waals surface area contributed by atoms with Crippen molar-refractivity contribution >= 4 is 11.9 Å². The van der Waals surface area contributed by atoms with Gasteiger partial charge in [-0.2, -0.15) is 26.3 Å². The maximum atomic E-state index is 12.9. The number of rotatable bonds is 3. The molecule has 1 unspecified atom stereocenters. The van der Waals surface area contributed by atoms with Crippen LogP contribution in [0.5, 0.6) is 0 Å². The molecule has 1 atom stereocenters. The molecule has 0 bridgehead atoms. The zero-order valence-electron chi connectivity index (χ0n) is 19.0. The number of likely N-dealkylation sites (N-methyl/N-ethyl adjacent to an activating group) is 1. The first-order chi connectivity index (χ1) is 15.9. The Kier molecular flexibility index (Phi) is 10.9. The van der Waals surface area contributed by atoms with Crippen molar-refractivity contribution in [2.45, 2.75) is 49.8 Å². The summed E-state index contributed by atoms with van der Waals surface area (Å²) in [4.78, 5) is 22.5. The topological polar surface area (TPSA) is 90.3 Å². The fourth-order valence-electron chi connectivity index (χ4n) is 3.47. The highest BCUT2D eigenvalue weighted by Crippen LogP contribution is 2.37. The van der Waals surface area contributed by atoms with Crippen molar-refractivity contribution in [3.63, 3.8) is 0 Å². The molecule has 0 amide bonds. The molecule has 0 aromatic heterocycles. The molecule has 200 valence electrons. The molecule has 1 spiro atoms. The van der Waals surface area contributed by atoms with E-state index >= 15 is 0 Å².